The van der Waals surface area contributed by atoms with Gasteiger partial charge in [0.2, 0.25) is 0 Å². The Morgan fingerprint density at radius 3 is 2.67 bits per heavy atom. The summed E-state index contributed by atoms with van der Waals surface area (Å²) in [5, 5.41) is 10.5. The molecule has 0 fully saturated rings. The van der Waals surface area contributed by atoms with Crippen LogP contribution in [-0.2, 0) is 22.6 Å². The van der Waals surface area contributed by atoms with Gasteiger partial charge in [0.1, 0.15) is 18.4 Å². The number of methoxy groups -OCH3 is 1. The second kappa shape index (κ2) is 8.95. The highest BCUT2D eigenvalue weighted by molar-refractivity contribution is 5.92. The Bertz CT molecular complexity index is 894. The van der Waals surface area contributed by atoms with Gasteiger partial charge in [-0.15, -0.1) is 10.2 Å². The van der Waals surface area contributed by atoms with Gasteiger partial charge in [0.05, 0.1) is 12.3 Å². The van der Waals surface area contributed by atoms with Crippen molar-refractivity contribution in [3.8, 4) is 11.4 Å². The Labute approximate surface area is 158 Å². The molecule has 1 N–H and O–H groups in total. The molecule has 140 valence electrons. The van der Waals surface area contributed by atoms with Gasteiger partial charge in [0.15, 0.2) is 6.61 Å². The Kier molecular flexibility index (Phi) is 6.17. The lowest BCUT2D eigenvalue weighted by atomic mass is 10.1. The second-order valence-electron chi connectivity index (χ2n) is 6.00. The van der Waals surface area contributed by atoms with E-state index in [0.717, 1.165) is 23.2 Å². The number of amides is 1. The van der Waals surface area contributed by atoms with Crippen LogP contribution in [0.4, 0.5) is 5.69 Å². The van der Waals surface area contributed by atoms with Crippen molar-refractivity contribution >= 4 is 11.6 Å². The second-order valence-corrected chi connectivity index (χ2v) is 6.00. The van der Waals surface area contributed by atoms with Gasteiger partial charge in [-0.3, -0.25) is 9.36 Å². The van der Waals surface area contributed by atoms with E-state index in [1.54, 1.807) is 24.3 Å². The third kappa shape index (κ3) is 4.92. The maximum atomic E-state index is 12.3. The molecule has 0 saturated carbocycles. The van der Waals surface area contributed by atoms with Crippen LogP contribution in [0.5, 0.6) is 5.75 Å². The molecular weight excluding hydrogens is 344 g/mol. The molecule has 3 aromatic rings. The predicted octanol–water partition coefficient (Wildman–Crippen LogP) is 2.99. The zero-order valence-electron chi connectivity index (χ0n) is 15.4. The molecule has 0 aliphatic heterocycles. The number of hydrogen-bond donors (Lipinski definition) is 1. The number of anilines is 1. The van der Waals surface area contributed by atoms with Crippen LogP contribution in [0.2, 0.25) is 0 Å². The molecule has 0 aliphatic carbocycles. The van der Waals surface area contributed by atoms with Crippen molar-refractivity contribution in [1.82, 2.24) is 14.8 Å². The molecule has 0 aliphatic rings. The molecule has 1 amide bonds. The number of nitrogens with zero attached hydrogens (tertiary/aromatic N) is 3. The molecule has 0 unspecified atom stereocenters. The van der Waals surface area contributed by atoms with Crippen molar-refractivity contribution in [3.63, 3.8) is 0 Å². The van der Waals surface area contributed by atoms with E-state index in [-0.39, 0.29) is 12.5 Å². The third-order valence-corrected chi connectivity index (χ3v) is 4.01. The van der Waals surface area contributed by atoms with E-state index in [1.807, 2.05) is 42.5 Å². The number of aryl methyl sites for hydroxylation is 1. The molecule has 1 heterocycles. The normalized spacial score (nSPS) is 10.6. The number of benzene rings is 2. The Morgan fingerprint density at radius 2 is 1.93 bits per heavy atom. The van der Waals surface area contributed by atoms with Crippen molar-refractivity contribution in [2.75, 3.05) is 19.0 Å². The van der Waals surface area contributed by atoms with Crippen LogP contribution < -0.4 is 10.1 Å². The fourth-order valence-corrected chi connectivity index (χ4v) is 2.68. The minimum absolute atomic E-state index is 0.102. The van der Waals surface area contributed by atoms with Gasteiger partial charge in [-0.1, -0.05) is 25.1 Å². The molecule has 0 radical (unpaired) electrons. The van der Waals surface area contributed by atoms with Crippen LogP contribution in [0.1, 0.15) is 18.1 Å². The van der Waals surface area contributed by atoms with E-state index in [2.05, 4.69) is 22.4 Å². The van der Waals surface area contributed by atoms with E-state index >= 15 is 0 Å². The summed E-state index contributed by atoms with van der Waals surface area (Å²) in [5.74, 6) is 0.356. The van der Waals surface area contributed by atoms with E-state index in [1.165, 1.54) is 0 Å². The van der Waals surface area contributed by atoms with Gasteiger partial charge in [0, 0.05) is 12.8 Å². The summed E-state index contributed by atoms with van der Waals surface area (Å²) >= 11 is 0. The number of ether oxygens (including phenoxy) is 2. The molecule has 0 saturated heterocycles. The zero-order chi connectivity index (χ0) is 19.1. The van der Waals surface area contributed by atoms with Crippen LogP contribution in [0, 0.1) is 0 Å². The van der Waals surface area contributed by atoms with Gasteiger partial charge in [-0.05, 0) is 41.8 Å². The highest BCUT2D eigenvalue weighted by Crippen LogP contribution is 2.24. The fourth-order valence-electron chi connectivity index (χ4n) is 2.68. The first-order chi connectivity index (χ1) is 13.2. The van der Waals surface area contributed by atoms with Crippen LogP contribution in [0.15, 0.2) is 55.1 Å². The standard InChI is InChI=1S/C20H22N4O3/c1-3-15-7-8-19(18(10-15)24-13-21-22-14-24)27-12-20(25)23-17-6-4-5-16(9-17)11-26-2/h4-10,13-14H,3,11-12H2,1-2H3,(H,23,25). The van der Waals surface area contributed by atoms with Crippen molar-refractivity contribution in [2.45, 2.75) is 20.0 Å². The van der Waals surface area contributed by atoms with Gasteiger partial charge in [-0.25, -0.2) is 0 Å². The van der Waals surface area contributed by atoms with Crippen molar-refractivity contribution < 1.29 is 14.3 Å². The van der Waals surface area contributed by atoms with Crippen molar-refractivity contribution in [2.24, 2.45) is 0 Å². The van der Waals surface area contributed by atoms with Crippen LogP contribution in [0.25, 0.3) is 5.69 Å². The topological polar surface area (TPSA) is 78.3 Å². The predicted molar refractivity (Wildman–Crippen MR) is 102 cm³/mol. The van der Waals surface area contributed by atoms with Crippen LogP contribution in [0.3, 0.4) is 0 Å². The maximum absolute atomic E-state index is 12.3. The molecule has 0 spiro atoms. The summed E-state index contributed by atoms with van der Waals surface area (Å²) < 4.78 is 12.6. The Hall–Kier alpha value is -3.19. The molecule has 1 aromatic heterocycles. The molecule has 0 bridgehead atoms. The highest BCUT2D eigenvalue weighted by atomic mass is 16.5. The lowest BCUT2D eigenvalue weighted by Gasteiger charge is -2.13. The molecule has 7 heteroatoms. The molecule has 0 atom stereocenters. The lowest BCUT2D eigenvalue weighted by molar-refractivity contribution is -0.118. The van der Waals surface area contributed by atoms with Gasteiger partial charge in [-0.2, -0.15) is 0 Å². The number of hydrogen-bond acceptors (Lipinski definition) is 5. The summed E-state index contributed by atoms with van der Waals surface area (Å²) in [6.07, 6.45) is 4.10. The summed E-state index contributed by atoms with van der Waals surface area (Å²) in [6.45, 7) is 2.47. The summed E-state index contributed by atoms with van der Waals surface area (Å²) in [7, 11) is 1.64. The van der Waals surface area contributed by atoms with E-state index in [9.17, 15) is 4.79 Å². The number of aromatic nitrogens is 3. The monoisotopic (exact) mass is 366 g/mol. The van der Waals surface area contributed by atoms with Gasteiger partial charge < -0.3 is 14.8 Å². The van der Waals surface area contributed by atoms with Crippen LogP contribution in [-0.4, -0.2) is 34.4 Å². The number of carbonyl (C=O) groups is 1. The maximum Gasteiger partial charge on any atom is 0.262 e. The summed E-state index contributed by atoms with van der Waals surface area (Å²) in [5.41, 5.74) is 3.65. The van der Waals surface area contributed by atoms with Crippen molar-refractivity contribution in [1.29, 1.82) is 0 Å². The minimum Gasteiger partial charge on any atom is -0.482 e. The molecule has 7 nitrogen and oxygen atoms in total. The first-order valence-electron chi connectivity index (χ1n) is 8.68. The minimum atomic E-state index is -0.237. The molecule has 27 heavy (non-hydrogen) atoms. The summed E-state index contributed by atoms with van der Waals surface area (Å²) in [6, 6.07) is 13.4. The van der Waals surface area contributed by atoms with Gasteiger partial charge in [0.25, 0.3) is 5.91 Å². The zero-order valence-corrected chi connectivity index (χ0v) is 15.4. The molecule has 3 rings (SSSR count). The van der Waals surface area contributed by atoms with Crippen LogP contribution >= 0.6 is 0 Å². The first kappa shape index (κ1) is 18.6. The van der Waals surface area contributed by atoms with E-state index in [0.29, 0.717) is 18.0 Å². The number of nitrogens with one attached hydrogen (secondary N) is 1. The number of rotatable bonds is 8. The van der Waals surface area contributed by atoms with Crippen molar-refractivity contribution in [3.05, 3.63) is 66.2 Å². The summed E-state index contributed by atoms with van der Waals surface area (Å²) in [4.78, 5) is 12.3. The highest BCUT2D eigenvalue weighted by Gasteiger charge is 2.10. The third-order valence-electron chi connectivity index (χ3n) is 4.01. The Morgan fingerprint density at radius 1 is 1.11 bits per heavy atom. The average molecular weight is 366 g/mol. The first-order valence-corrected chi connectivity index (χ1v) is 8.68. The molecule has 2 aromatic carbocycles. The largest absolute Gasteiger partial charge is 0.482 e. The molecular formula is C20H22N4O3. The van der Waals surface area contributed by atoms with E-state index < -0.39 is 0 Å². The van der Waals surface area contributed by atoms with Gasteiger partial charge >= 0.3 is 0 Å². The fraction of sp³-hybridized carbons (Fsp3) is 0.250. The smallest absolute Gasteiger partial charge is 0.262 e. The Balaban J connectivity index is 1.68. The quantitative estimate of drug-likeness (QED) is 0.663. The SMILES string of the molecule is CCc1ccc(OCC(=O)Nc2cccc(COC)c2)c(-n2cnnc2)c1. The van der Waals surface area contributed by atoms with E-state index in [4.69, 9.17) is 9.47 Å². The lowest BCUT2D eigenvalue weighted by Crippen LogP contribution is -2.20. The average Bonchev–Trinajstić information content (AvgIpc) is 3.21. The number of carbonyl (C=O) groups excluding carboxylic acids is 1.